The van der Waals surface area contributed by atoms with Gasteiger partial charge in [0.15, 0.2) is 0 Å². The van der Waals surface area contributed by atoms with Gasteiger partial charge in [-0.05, 0) is 40.0 Å². The Hall–Kier alpha value is -1.27. The minimum Gasteiger partial charge on any atom is -0.460 e. The molecule has 1 fully saturated rings. The Kier molecular flexibility index (Phi) is 6.26. The average molecular weight is 323 g/mol. The van der Waals surface area contributed by atoms with Crippen LogP contribution in [-0.4, -0.2) is 29.7 Å². The van der Waals surface area contributed by atoms with Crippen molar-refractivity contribution in [1.82, 2.24) is 5.32 Å². The molecule has 0 aromatic heterocycles. The quantitative estimate of drug-likeness (QED) is 0.807. The smallest absolute Gasteiger partial charge is 0.391 e. The summed E-state index contributed by atoms with van der Waals surface area (Å²) in [5.74, 6) is -2.24. The highest BCUT2D eigenvalue weighted by atomic mass is 19.4. The van der Waals surface area contributed by atoms with Gasteiger partial charge in [-0.1, -0.05) is 6.42 Å². The Balaban J connectivity index is 2.34. The molecule has 1 rings (SSSR count). The maximum absolute atomic E-state index is 12.7. The van der Waals surface area contributed by atoms with Crippen LogP contribution >= 0.6 is 0 Å². The normalized spacial score (nSPS) is 23.0. The first-order valence-electron chi connectivity index (χ1n) is 7.55. The van der Waals surface area contributed by atoms with E-state index in [4.69, 9.17) is 4.74 Å². The van der Waals surface area contributed by atoms with Gasteiger partial charge in [0.1, 0.15) is 5.60 Å². The molecule has 2 atom stereocenters. The first-order chi connectivity index (χ1) is 9.97. The fourth-order valence-electron chi connectivity index (χ4n) is 2.53. The summed E-state index contributed by atoms with van der Waals surface area (Å²) >= 11 is 0. The molecule has 1 saturated carbocycles. The van der Waals surface area contributed by atoms with Crippen LogP contribution in [-0.2, 0) is 14.3 Å². The van der Waals surface area contributed by atoms with Crippen molar-refractivity contribution >= 4 is 11.9 Å². The zero-order chi connectivity index (χ0) is 17.0. The maximum Gasteiger partial charge on any atom is 0.391 e. The van der Waals surface area contributed by atoms with E-state index in [1.165, 1.54) is 0 Å². The molecule has 1 aliphatic carbocycles. The van der Waals surface area contributed by atoms with Crippen LogP contribution in [0.15, 0.2) is 0 Å². The van der Waals surface area contributed by atoms with E-state index in [9.17, 15) is 22.8 Å². The Labute approximate surface area is 128 Å². The molecule has 1 N–H and O–H groups in total. The molecule has 0 spiro atoms. The molecule has 7 heteroatoms. The number of halogens is 3. The minimum atomic E-state index is -4.21. The van der Waals surface area contributed by atoms with Crippen LogP contribution in [0.5, 0.6) is 0 Å². The Morgan fingerprint density at radius 3 is 2.32 bits per heavy atom. The molecule has 128 valence electrons. The monoisotopic (exact) mass is 323 g/mol. The van der Waals surface area contributed by atoms with E-state index in [1.807, 2.05) is 0 Å². The van der Waals surface area contributed by atoms with Crippen molar-refractivity contribution in [3.05, 3.63) is 0 Å². The van der Waals surface area contributed by atoms with E-state index in [2.05, 4.69) is 5.32 Å². The van der Waals surface area contributed by atoms with Crippen molar-refractivity contribution in [2.75, 3.05) is 0 Å². The van der Waals surface area contributed by atoms with Crippen LogP contribution in [0.2, 0.25) is 0 Å². The van der Waals surface area contributed by atoms with Crippen LogP contribution in [0.25, 0.3) is 0 Å². The second-order valence-electron chi connectivity index (χ2n) is 6.76. The maximum atomic E-state index is 12.7. The van der Waals surface area contributed by atoms with Gasteiger partial charge >= 0.3 is 12.1 Å². The molecular weight excluding hydrogens is 299 g/mol. The highest BCUT2D eigenvalue weighted by Crippen LogP contribution is 2.37. The number of alkyl halides is 3. The van der Waals surface area contributed by atoms with E-state index >= 15 is 0 Å². The number of amides is 1. The van der Waals surface area contributed by atoms with Gasteiger partial charge in [-0.2, -0.15) is 13.2 Å². The minimum absolute atomic E-state index is 0.0674. The van der Waals surface area contributed by atoms with Gasteiger partial charge in [-0.3, -0.25) is 9.59 Å². The SMILES string of the molecule is CC(C)(C)OC(=O)CCC(=O)N[C@H]1CCC[C@@H](C(F)(F)F)C1. The van der Waals surface area contributed by atoms with E-state index in [-0.39, 0.29) is 25.7 Å². The summed E-state index contributed by atoms with van der Waals surface area (Å²) in [6.45, 7) is 5.18. The van der Waals surface area contributed by atoms with Crippen LogP contribution in [0, 0.1) is 5.92 Å². The first kappa shape index (κ1) is 18.8. The molecule has 22 heavy (non-hydrogen) atoms. The summed E-state index contributed by atoms with van der Waals surface area (Å²) in [5, 5.41) is 2.59. The van der Waals surface area contributed by atoms with E-state index in [0.29, 0.717) is 12.8 Å². The zero-order valence-electron chi connectivity index (χ0n) is 13.3. The number of nitrogens with one attached hydrogen (secondary N) is 1. The molecule has 0 heterocycles. The Bertz CT molecular complexity index is 402. The summed E-state index contributed by atoms with van der Waals surface area (Å²) in [5.41, 5.74) is -0.614. The molecule has 0 aliphatic heterocycles. The van der Waals surface area contributed by atoms with Crippen molar-refractivity contribution in [3.63, 3.8) is 0 Å². The number of esters is 1. The van der Waals surface area contributed by atoms with Crippen molar-refractivity contribution < 1.29 is 27.5 Å². The van der Waals surface area contributed by atoms with E-state index in [1.54, 1.807) is 20.8 Å². The lowest BCUT2D eigenvalue weighted by molar-refractivity contribution is -0.184. The van der Waals surface area contributed by atoms with Gasteiger partial charge in [-0.15, -0.1) is 0 Å². The third-order valence-corrected chi connectivity index (χ3v) is 3.48. The predicted octanol–water partition coefficient (Wildman–Crippen LogP) is 3.35. The van der Waals surface area contributed by atoms with Crippen molar-refractivity contribution in [2.24, 2.45) is 5.92 Å². The van der Waals surface area contributed by atoms with Gasteiger partial charge < -0.3 is 10.1 Å². The fraction of sp³-hybridized carbons (Fsp3) is 0.867. The van der Waals surface area contributed by atoms with Crippen molar-refractivity contribution in [2.45, 2.75) is 77.1 Å². The summed E-state index contributed by atoms with van der Waals surface area (Å²) in [6, 6.07) is -0.466. The largest absolute Gasteiger partial charge is 0.460 e. The molecule has 1 amide bonds. The lowest BCUT2D eigenvalue weighted by Crippen LogP contribution is -2.41. The molecular formula is C15H24F3NO3. The molecule has 1 aliphatic rings. The number of carbonyl (C=O) groups excluding carboxylic acids is 2. The number of carbonyl (C=O) groups is 2. The summed E-state index contributed by atoms with van der Waals surface area (Å²) in [6.07, 6.45) is -3.32. The molecule has 0 saturated heterocycles. The van der Waals surface area contributed by atoms with Crippen molar-refractivity contribution in [3.8, 4) is 0 Å². The van der Waals surface area contributed by atoms with E-state index in [0.717, 1.165) is 0 Å². The highest BCUT2D eigenvalue weighted by Gasteiger charge is 2.42. The van der Waals surface area contributed by atoms with Crippen LogP contribution < -0.4 is 5.32 Å². The zero-order valence-corrected chi connectivity index (χ0v) is 13.3. The van der Waals surface area contributed by atoms with Gasteiger partial charge in [0.05, 0.1) is 12.3 Å². The standard InChI is InChI=1S/C15H24F3NO3/c1-14(2,3)22-13(21)8-7-12(20)19-11-6-4-5-10(9-11)15(16,17)18/h10-11H,4-9H2,1-3H3,(H,19,20)/t10-,11+/m1/s1. The van der Waals surface area contributed by atoms with Crippen LogP contribution in [0.4, 0.5) is 13.2 Å². The third-order valence-electron chi connectivity index (χ3n) is 3.48. The highest BCUT2D eigenvalue weighted by molar-refractivity contribution is 5.81. The molecule has 0 unspecified atom stereocenters. The molecule has 0 radical (unpaired) electrons. The summed E-state index contributed by atoms with van der Waals surface area (Å²) in [4.78, 5) is 23.2. The van der Waals surface area contributed by atoms with Gasteiger partial charge in [-0.25, -0.2) is 0 Å². The van der Waals surface area contributed by atoms with Gasteiger partial charge in [0.25, 0.3) is 0 Å². The molecule has 0 aromatic carbocycles. The average Bonchev–Trinajstić information content (AvgIpc) is 2.34. The Morgan fingerprint density at radius 2 is 1.77 bits per heavy atom. The third kappa shape index (κ3) is 7.13. The predicted molar refractivity (Wildman–Crippen MR) is 75.0 cm³/mol. The van der Waals surface area contributed by atoms with E-state index < -0.39 is 35.6 Å². The second kappa shape index (κ2) is 7.33. The van der Waals surface area contributed by atoms with Crippen LogP contribution in [0.3, 0.4) is 0 Å². The number of hydrogen-bond acceptors (Lipinski definition) is 3. The molecule has 0 bridgehead atoms. The van der Waals surface area contributed by atoms with Crippen LogP contribution in [0.1, 0.15) is 59.3 Å². The fourth-order valence-corrected chi connectivity index (χ4v) is 2.53. The number of rotatable bonds is 4. The number of ether oxygens (including phenoxy) is 1. The summed E-state index contributed by atoms with van der Waals surface area (Å²) in [7, 11) is 0. The summed E-state index contributed by atoms with van der Waals surface area (Å²) < 4.78 is 43.1. The lowest BCUT2D eigenvalue weighted by Gasteiger charge is -2.31. The van der Waals surface area contributed by atoms with Gasteiger partial charge in [0, 0.05) is 12.5 Å². The molecule has 4 nitrogen and oxygen atoms in total. The number of hydrogen-bond donors (Lipinski definition) is 1. The molecule has 0 aromatic rings. The van der Waals surface area contributed by atoms with Crippen molar-refractivity contribution in [1.29, 1.82) is 0 Å². The Morgan fingerprint density at radius 1 is 1.14 bits per heavy atom. The second-order valence-corrected chi connectivity index (χ2v) is 6.76. The lowest BCUT2D eigenvalue weighted by atomic mass is 9.85. The first-order valence-corrected chi connectivity index (χ1v) is 7.55. The van der Waals surface area contributed by atoms with Gasteiger partial charge in [0.2, 0.25) is 5.91 Å². The topological polar surface area (TPSA) is 55.4 Å².